The first-order chi connectivity index (χ1) is 16.6. The summed E-state index contributed by atoms with van der Waals surface area (Å²) in [6, 6.07) is 23.8. The van der Waals surface area contributed by atoms with Gasteiger partial charge in [0.05, 0.1) is 18.0 Å². The van der Waals surface area contributed by atoms with Gasteiger partial charge in [-0.05, 0) is 55.5 Å². The lowest BCUT2D eigenvalue weighted by atomic mass is 10.2. The van der Waals surface area contributed by atoms with E-state index in [1.54, 1.807) is 30.3 Å². The first kappa shape index (κ1) is 21.8. The number of hydrogen-bond acceptors (Lipinski definition) is 6. The van der Waals surface area contributed by atoms with Crippen LogP contribution in [0.3, 0.4) is 0 Å². The van der Waals surface area contributed by atoms with E-state index in [1.165, 1.54) is 16.3 Å². The van der Waals surface area contributed by atoms with Crippen LogP contribution in [0.2, 0.25) is 0 Å². The third kappa shape index (κ3) is 4.27. The maximum Gasteiger partial charge on any atom is 0.302 e. The van der Waals surface area contributed by atoms with Crippen LogP contribution in [0, 0.1) is 0 Å². The van der Waals surface area contributed by atoms with E-state index >= 15 is 0 Å². The zero-order chi connectivity index (χ0) is 23.5. The standard InChI is InChI=1S/C26H21N3O4S/c1-2-32-19-14-12-18(13-15-19)29-25(31)24-23(20-10-6-7-11-21(20)33-24)28-26(29)34-16-22(30)27-17-8-4-3-5-9-17/h3-15H,2,16H2,1H3,(H,27,30). The number of rotatable bonds is 7. The van der Waals surface area contributed by atoms with Gasteiger partial charge < -0.3 is 14.5 Å². The van der Waals surface area contributed by atoms with Gasteiger partial charge in [0, 0.05) is 11.1 Å². The fraction of sp³-hybridized carbons (Fsp3) is 0.115. The molecular weight excluding hydrogens is 450 g/mol. The molecule has 1 N–H and O–H groups in total. The molecule has 8 heteroatoms. The Balaban J connectivity index is 1.56. The SMILES string of the molecule is CCOc1ccc(-n2c(SCC(=O)Nc3ccccc3)nc3c(oc4ccccc43)c2=O)cc1. The number of benzene rings is 3. The Morgan fingerprint density at radius 3 is 2.53 bits per heavy atom. The van der Waals surface area contributed by atoms with E-state index < -0.39 is 0 Å². The number of furan rings is 1. The molecule has 0 saturated carbocycles. The molecule has 7 nitrogen and oxygen atoms in total. The number of aromatic nitrogens is 2. The zero-order valence-corrected chi connectivity index (χ0v) is 19.2. The first-order valence-corrected chi connectivity index (χ1v) is 11.8. The van der Waals surface area contributed by atoms with Crippen LogP contribution >= 0.6 is 11.8 Å². The van der Waals surface area contributed by atoms with Crippen LogP contribution < -0.4 is 15.6 Å². The van der Waals surface area contributed by atoms with Crippen LogP contribution in [0.5, 0.6) is 5.75 Å². The molecule has 0 aliphatic heterocycles. The summed E-state index contributed by atoms with van der Waals surface area (Å²) < 4.78 is 12.9. The number of hydrogen-bond donors (Lipinski definition) is 1. The van der Waals surface area contributed by atoms with Gasteiger partial charge in [-0.25, -0.2) is 4.98 Å². The van der Waals surface area contributed by atoms with Crippen molar-refractivity contribution in [2.24, 2.45) is 0 Å². The van der Waals surface area contributed by atoms with E-state index in [0.717, 1.165) is 5.39 Å². The molecule has 0 aliphatic carbocycles. The lowest BCUT2D eigenvalue weighted by molar-refractivity contribution is -0.113. The Bertz CT molecular complexity index is 1530. The zero-order valence-electron chi connectivity index (χ0n) is 18.4. The maximum absolute atomic E-state index is 13.5. The predicted octanol–water partition coefficient (Wildman–Crippen LogP) is 5.26. The number of amides is 1. The highest BCUT2D eigenvalue weighted by molar-refractivity contribution is 7.99. The summed E-state index contributed by atoms with van der Waals surface area (Å²) in [5, 5.41) is 4.01. The molecule has 0 radical (unpaired) electrons. The van der Waals surface area contributed by atoms with Crippen LogP contribution in [-0.4, -0.2) is 27.8 Å². The molecule has 0 fully saturated rings. The topological polar surface area (TPSA) is 86.4 Å². The quantitative estimate of drug-likeness (QED) is 0.257. The van der Waals surface area contributed by atoms with Crippen molar-refractivity contribution in [3.8, 4) is 11.4 Å². The fourth-order valence-corrected chi connectivity index (χ4v) is 4.46. The average Bonchev–Trinajstić information content (AvgIpc) is 3.23. The minimum atomic E-state index is -0.337. The number of carbonyl (C=O) groups excluding carboxylic acids is 1. The van der Waals surface area contributed by atoms with Crippen molar-refractivity contribution in [3.05, 3.63) is 89.2 Å². The average molecular weight is 472 g/mol. The third-order valence-electron chi connectivity index (χ3n) is 5.16. The van der Waals surface area contributed by atoms with Gasteiger partial charge >= 0.3 is 5.56 Å². The molecule has 0 atom stereocenters. The van der Waals surface area contributed by atoms with Gasteiger partial charge in [0.1, 0.15) is 16.8 Å². The summed E-state index contributed by atoms with van der Waals surface area (Å²) in [6.45, 7) is 2.45. The molecule has 0 bridgehead atoms. The molecule has 5 rings (SSSR count). The number of fused-ring (bicyclic) bond motifs is 3. The lowest BCUT2D eigenvalue weighted by Gasteiger charge is -2.12. The highest BCUT2D eigenvalue weighted by Crippen LogP contribution is 2.29. The van der Waals surface area contributed by atoms with Gasteiger partial charge in [-0.3, -0.25) is 14.2 Å². The van der Waals surface area contributed by atoms with Gasteiger partial charge in [0.2, 0.25) is 11.5 Å². The molecule has 0 aliphatic rings. The van der Waals surface area contributed by atoms with Gasteiger partial charge in [-0.15, -0.1) is 0 Å². The molecule has 3 aromatic carbocycles. The summed E-state index contributed by atoms with van der Waals surface area (Å²) in [5.41, 5.74) is 2.22. The summed E-state index contributed by atoms with van der Waals surface area (Å²) in [7, 11) is 0. The molecule has 0 saturated heterocycles. The Morgan fingerprint density at radius 1 is 1.03 bits per heavy atom. The first-order valence-electron chi connectivity index (χ1n) is 10.8. The number of nitrogens with one attached hydrogen (secondary N) is 1. The van der Waals surface area contributed by atoms with Gasteiger partial charge in [0.25, 0.3) is 0 Å². The van der Waals surface area contributed by atoms with Crippen LogP contribution in [0.15, 0.2) is 93.2 Å². The van der Waals surface area contributed by atoms with E-state index in [0.29, 0.717) is 40.0 Å². The summed E-state index contributed by atoms with van der Waals surface area (Å²) in [4.78, 5) is 30.9. The van der Waals surface area contributed by atoms with Crippen LogP contribution in [0.25, 0.3) is 27.8 Å². The summed E-state index contributed by atoms with van der Waals surface area (Å²) >= 11 is 1.19. The van der Waals surface area contributed by atoms with E-state index in [9.17, 15) is 9.59 Å². The molecule has 5 aromatic rings. The summed E-state index contributed by atoms with van der Waals surface area (Å²) in [6.07, 6.45) is 0. The van der Waals surface area contributed by atoms with E-state index in [2.05, 4.69) is 5.32 Å². The highest BCUT2D eigenvalue weighted by Gasteiger charge is 2.20. The molecule has 1 amide bonds. The number of carbonyl (C=O) groups is 1. The van der Waals surface area contributed by atoms with Crippen molar-refractivity contribution in [1.29, 1.82) is 0 Å². The Kier molecular flexibility index (Phi) is 6.05. The number of nitrogens with zero attached hydrogens (tertiary/aromatic N) is 2. The Labute approximate surface area is 199 Å². The van der Waals surface area contributed by atoms with Gasteiger partial charge in [-0.1, -0.05) is 42.1 Å². The van der Waals surface area contributed by atoms with Crippen LogP contribution in [0.1, 0.15) is 6.92 Å². The molecule has 0 unspecified atom stereocenters. The van der Waals surface area contributed by atoms with Crippen molar-refractivity contribution in [3.63, 3.8) is 0 Å². The number of thioether (sulfide) groups is 1. The fourth-order valence-electron chi connectivity index (χ4n) is 3.65. The second-order valence-electron chi connectivity index (χ2n) is 7.44. The smallest absolute Gasteiger partial charge is 0.302 e. The van der Waals surface area contributed by atoms with Crippen LogP contribution in [-0.2, 0) is 4.79 Å². The number of anilines is 1. The maximum atomic E-state index is 13.5. The second-order valence-corrected chi connectivity index (χ2v) is 8.38. The van der Waals surface area contributed by atoms with Gasteiger partial charge in [0.15, 0.2) is 5.16 Å². The van der Waals surface area contributed by atoms with Crippen molar-refractivity contribution in [1.82, 2.24) is 9.55 Å². The predicted molar refractivity (Wildman–Crippen MR) is 134 cm³/mol. The van der Waals surface area contributed by atoms with Crippen molar-refractivity contribution >= 4 is 45.4 Å². The molecule has 0 spiro atoms. The van der Waals surface area contributed by atoms with Crippen molar-refractivity contribution < 1.29 is 13.9 Å². The van der Waals surface area contributed by atoms with E-state index in [1.807, 2.05) is 55.5 Å². The molecule has 2 aromatic heterocycles. The van der Waals surface area contributed by atoms with Crippen molar-refractivity contribution in [2.75, 3.05) is 17.7 Å². The Hall–Kier alpha value is -4.04. The molecule has 34 heavy (non-hydrogen) atoms. The number of para-hydroxylation sites is 2. The molecular formula is C26H21N3O4S. The lowest BCUT2D eigenvalue weighted by Crippen LogP contribution is -2.22. The third-order valence-corrected chi connectivity index (χ3v) is 6.10. The highest BCUT2D eigenvalue weighted by atomic mass is 32.2. The van der Waals surface area contributed by atoms with Gasteiger partial charge in [-0.2, -0.15) is 0 Å². The second kappa shape index (κ2) is 9.44. The largest absolute Gasteiger partial charge is 0.494 e. The molecule has 2 heterocycles. The molecule has 170 valence electrons. The Morgan fingerprint density at radius 2 is 1.76 bits per heavy atom. The minimum Gasteiger partial charge on any atom is -0.494 e. The summed E-state index contributed by atoms with van der Waals surface area (Å²) in [5.74, 6) is 0.592. The van der Waals surface area contributed by atoms with E-state index in [4.69, 9.17) is 14.1 Å². The van der Waals surface area contributed by atoms with E-state index in [-0.39, 0.29) is 22.8 Å². The monoisotopic (exact) mass is 471 g/mol. The van der Waals surface area contributed by atoms with Crippen molar-refractivity contribution in [2.45, 2.75) is 12.1 Å². The normalized spacial score (nSPS) is 11.1. The van der Waals surface area contributed by atoms with Crippen LogP contribution in [0.4, 0.5) is 5.69 Å². The minimum absolute atomic E-state index is 0.0830. The number of ether oxygens (including phenoxy) is 1.